The van der Waals surface area contributed by atoms with Crippen molar-refractivity contribution < 1.29 is 14.5 Å². The fourth-order valence-electron chi connectivity index (χ4n) is 1.83. The predicted molar refractivity (Wildman–Crippen MR) is 84.3 cm³/mol. The molecule has 0 aliphatic rings. The van der Waals surface area contributed by atoms with Gasteiger partial charge in [-0.2, -0.15) is 0 Å². The lowest BCUT2D eigenvalue weighted by Gasteiger charge is -2.08. The molecule has 21 heavy (non-hydrogen) atoms. The minimum absolute atomic E-state index is 0.0182. The highest BCUT2D eigenvalue weighted by Crippen LogP contribution is 2.29. The summed E-state index contributed by atoms with van der Waals surface area (Å²) in [5.41, 5.74) is 5.72. The Balaban J connectivity index is 2.63. The Bertz CT molecular complexity index is 520. The Morgan fingerprint density at radius 1 is 1.33 bits per heavy atom. The van der Waals surface area contributed by atoms with E-state index < -0.39 is 10.9 Å². The van der Waals surface area contributed by atoms with Crippen LogP contribution >= 0.6 is 15.9 Å². The lowest BCUT2D eigenvalue weighted by atomic mass is 10.1. The van der Waals surface area contributed by atoms with Crippen molar-refractivity contribution in [2.45, 2.75) is 39.0 Å². The number of rotatable bonds is 8. The number of hydrogen-bond donors (Lipinski definition) is 1. The molecular weight excluding hydrogens is 340 g/mol. The van der Waals surface area contributed by atoms with E-state index in [0.29, 0.717) is 11.1 Å². The maximum absolute atomic E-state index is 11.9. The van der Waals surface area contributed by atoms with E-state index in [1.165, 1.54) is 12.5 Å². The molecule has 6 nitrogen and oxygen atoms in total. The SMILES string of the molecule is CCCCCCCOC(=O)c1cc([N+](=O)[O-])cc(Br)c1N. The van der Waals surface area contributed by atoms with Crippen molar-refractivity contribution in [2.24, 2.45) is 0 Å². The number of halogens is 1. The molecule has 2 N–H and O–H groups in total. The highest BCUT2D eigenvalue weighted by molar-refractivity contribution is 9.10. The van der Waals surface area contributed by atoms with Crippen LogP contribution in [0.1, 0.15) is 49.4 Å². The third-order valence-electron chi connectivity index (χ3n) is 3.03. The van der Waals surface area contributed by atoms with Crippen molar-refractivity contribution >= 4 is 33.3 Å². The number of nitrogens with zero attached hydrogens (tertiary/aromatic N) is 1. The van der Waals surface area contributed by atoms with Crippen LogP contribution in [0.5, 0.6) is 0 Å². The van der Waals surface area contributed by atoms with Gasteiger partial charge in [-0.05, 0) is 22.4 Å². The van der Waals surface area contributed by atoms with Gasteiger partial charge in [0.15, 0.2) is 0 Å². The maximum atomic E-state index is 11.9. The number of benzene rings is 1. The first kappa shape index (κ1) is 17.4. The van der Waals surface area contributed by atoms with Crippen molar-refractivity contribution in [3.05, 3.63) is 32.3 Å². The van der Waals surface area contributed by atoms with Gasteiger partial charge in [0.1, 0.15) is 0 Å². The average molecular weight is 359 g/mol. The van der Waals surface area contributed by atoms with Gasteiger partial charge in [-0.3, -0.25) is 10.1 Å². The summed E-state index contributed by atoms with van der Waals surface area (Å²) in [6, 6.07) is 2.40. The van der Waals surface area contributed by atoms with Gasteiger partial charge < -0.3 is 10.5 Å². The highest BCUT2D eigenvalue weighted by Gasteiger charge is 2.19. The molecule has 0 aliphatic carbocycles. The molecule has 0 bridgehead atoms. The predicted octanol–water partition coefficient (Wildman–Crippen LogP) is 4.07. The van der Waals surface area contributed by atoms with Crippen molar-refractivity contribution in [3.63, 3.8) is 0 Å². The molecule has 0 saturated heterocycles. The van der Waals surface area contributed by atoms with E-state index in [-0.39, 0.29) is 16.9 Å². The summed E-state index contributed by atoms with van der Waals surface area (Å²) < 4.78 is 5.43. The van der Waals surface area contributed by atoms with E-state index in [9.17, 15) is 14.9 Å². The molecule has 116 valence electrons. The van der Waals surface area contributed by atoms with Gasteiger partial charge in [0.2, 0.25) is 0 Å². The number of nitrogen functional groups attached to an aromatic ring is 1. The molecule has 0 unspecified atom stereocenters. The van der Waals surface area contributed by atoms with E-state index in [0.717, 1.165) is 31.7 Å². The number of hydrogen-bond acceptors (Lipinski definition) is 5. The zero-order valence-electron chi connectivity index (χ0n) is 11.9. The van der Waals surface area contributed by atoms with Crippen LogP contribution in [0.3, 0.4) is 0 Å². The molecule has 0 amide bonds. The van der Waals surface area contributed by atoms with Gasteiger partial charge in [0.05, 0.1) is 22.8 Å². The number of ether oxygens (including phenoxy) is 1. The number of unbranched alkanes of at least 4 members (excludes halogenated alkanes) is 4. The van der Waals surface area contributed by atoms with Crippen LogP contribution in [0.15, 0.2) is 16.6 Å². The average Bonchev–Trinajstić information content (AvgIpc) is 2.44. The second-order valence-electron chi connectivity index (χ2n) is 4.70. The summed E-state index contributed by atoms with van der Waals surface area (Å²) >= 11 is 3.11. The Hall–Kier alpha value is -1.63. The molecule has 1 aromatic carbocycles. The molecule has 1 aromatic rings. The molecule has 1 rings (SSSR count). The molecule has 7 heteroatoms. The fourth-order valence-corrected chi connectivity index (χ4v) is 2.27. The Kier molecular flexibility index (Phi) is 7.14. The number of esters is 1. The van der Waals surface area contributed by atoms with Gasteiger partial charge in [0, 0.05) is 16.6 Å². The number of carbonyl (C=O) groups is 1. The van der Waals surface area contributed by atoms with Crippen LogP contribution in [0, 0.1) is 10.1 Å². The van der Waals surface area contributed by atoms with Crippen LogP contribution in [-0.2, 0) is 4.74 Å². The van der Waals surface area contributed by atoms with E-state index in [1.54, 1.807) is 0 Å². The normalized spacial score (nSPS) is 10.4. The van der Waals surface area contributed by atoms with E-state index in [1.807, 2.05) is 0 Å². The molecule has 0 aromatic heterocycles. The number of carbonyl (C=O) groups excluding carboxylic acids is 1. The monoisotopic (exact) mass is 358 g/mol. The molecule has 0 spiro atoms. The number of nitro groups is 1. The van der Waals surface area contributed by atoms with Crippen LogP contribution in [0.4, 0.5) is 11.4 Å². The number of nitrogens with two attached hydrogens (primary N) is 1. The second-order valence-corrected chi connectivity index (χ2v) is 5.55. The largest absolute Gasteiger partial charge is 0.462 e. The van der Waals surface area contributed by atoms with E-state index >= 15 is 0 Å². The van der Waals surface area contributed by atoms with Gasteiger partial charge >= 0.3 is 5.97 Å². The first-order valence-electron chi connectivity index (χ1n) is 6.88. The molecule has 0 radical (unpaired) electrons. The summed E-state index contributed by atoms with van der Waals surface area (Å²) in [6.45, 7) is 2.42. The number of nitro benzene ring substituents is 1. The quantitative estimate of drug-likeness (QED) is 0.248. The lowest BCUT2D eigenvalue weighted by molar-refractivity contribution is -0.384. The molecule has 0 fully saturated rings. The van der Waals surface area contributed by atoms with Crippen LogP contribution in [0.2, 0.25) is 0 Å². The maximum Gasteiger partial charge on any atom is 0.340 e. The summed E-state index contributed by atoms with van der Waals surface area (Å²) in [4.78, 5) is 22.1. The summed E-state index contributed by atoms with van der Waals surface area (Å²) in [5, 5.41) is 10.8. The highest BCUT2D eigenvalue weighted by atomic mass is 79.9. The van der Waals surface area contributed by atoms with Crippen LogP contribution < -0.4 is 5.73 Å². The Morgan fingerprint density at radius 3 is 2.62 bits per heavy atom. The minimum atomic E-state index is -0.632. The lowest BCUT2D eigenvalue weighted by Crippen LogP contribution is -2.10. The van der Waals surface area contributed by atoms with Crippen molar-refractivity contribution in [1.29, 1.82) is 0 Å². The van der Waals surface area contributed by atoms with Crippen molar-refractivity contribution in [2.75, 3.05) is 12.3 Å². The third kappa shape index (κ3) is 5.34. The molecule has 0 heterocycles. The van der Waals surface area contributed by atoms with Gasteiger partial charge in [-0.25, -0.2) is 4.79 Å². The Morgan fingerprint density at radius 2 is 2.00 bits per heavy atom. The summed E-state index contributed by atoms with van der Waals surface area (Å²) in [7, 11) is 0. The summed E-state index contributed by atoms with van der Waals surface area (Å²) in [5.74, 6) is -0.632. The van der Waals surface area contributed by atoms with Crippen LogP contribution in [-0.4, -0.2) is 17.5 Å². The second kappa shape index (κ2) is 8.61. The third-order valence-corrected chi connectivity index (χ3v) is 3.68. The topological polar surface area (TPSA) is 95.5 Å². The van der Waals surface area contributed by atoms with Crippen LogP contribution in [0.25, 0.3) is 0 Å². The number of non-ortho nitro benzene ring substituents is 1. The smallest absolute Gasteiger partial charge is 0.340 e. The molecular formula is C14H19BrN2O4. The van der Waals surface area contributed by atoms with Gasteiger partial charge in [-0.15, -0.1) is 0 Å². The molecule has 0 aliphatic heterocycles. The molecule has 0 saturated carbocycles. The zero-order chi connectivity index (χ0) is 15.8. The Labute approximate surface area is 131 Å². The van der Waals surface area contributed by atoms with Gasteiger partial charge in [-0.1, -0.05) is 32.6 Å². The zero-order valence-corrected chi connectivity index (χ0v) is 13.5. The molecule has 0 atom stereocenters. The fraction of sp³-hybridized carbons (Fsp3) is 0.500. The minimum Gasteiger partial charge on any atom is -0.462 e. The van der Waals surface area contributed by atoms with Gasteiger partial charge in [0.25, 0.3) is 5.69 Å². The van der Waals surface area contributed by atoms with E-state index in [2.05, 4.69) is 22.9 Å². The van der Waals surface area contributed by atoms with E-state index in [4.69, 9.17) is 10.5 Å². The van der Waals surface area contributed by atoms with Crippen molar-refractivity contribution in [3.8, 4) is 0 Å². The number of anilines is 1. The standard InChI is InChI=1S/C14H19BrN2O4/c1-2-3-4-5-6-7-21-14(18)11-8-10(17(19)20)9-12(15)13(11)16/h8-9H,2-7,16H2,1H3. The van der Waals surface area contributed by atoms with Crippen molar-refractivity contribution in [1.82, 2.24) is 0 Å². The first-order valence-corrected chi connectivity index (χ1v) is 7.67. The summed E-state index contributed by atoms with van der Waals surface area (Å²) in [6.07, 6.45) is 5.20. The first-order chi connectivity index (χ1) is 9.97.